The predicted octanol–water partition coefficient (Wildman–Crippen LogP) is 4.76. The quantitative estimate of drug-likeness (QED) is 0.707. The minimum absolute atomic E-state index is 0.596. The molecule has 0 aliphatic carbocycles. The van der Waals surface area contributed by atoms with E-state index in [0.29, 0.717) is 11.3 Å². The van der Waals surface area contributed by atoms with Crippen LogP contribution in [0.25, 0.3) is 11.3 Å². The van der Waals surface area contributed by atoms with Crippen LogP contribution in [0.3, 0.4) is 0 Å². The highest BCUT2D eigenvalue weighted by molar-refractivity contribution is 5.59. The van der Waals surface area contributed by atoms with Crippen molar-refractivity contribution in [3.63, 3.8) is 0 Å². The molecule has 0 amide bonds. The highest BCUT2D eigenvalue weighted by Crippen LogP contribution is 2.20. The maximum Gasteiger partial charge on any atom is 0.159 e. The molecular formula is C16H17F2N. The second-order valence-electron chi connectivity index (χ2n) is 4.64. The first-order chi connectivity index (χ1) is 9.20. The normalized spacial score (nSPS) is 10.7. The summed E-state index contributed by atoms with van der Waals surface area (Å²) in [6.45, 7) is 2.17. The number of unbranched alkanes of at least 4 members (excludes halogenated alkanes) is 2. The molecule has 1 aromatic heterocycles. The molecule has 0 radical (unpaired) electrons. The van der Waals surface area contributed by atoms with E-state index < -0.39 is 11.6 Å². The Morgan fingerprint density at radius 1 is 1.00 bits per heavy atom. The van der Waals surface area contributed by atoms with E-state index in [9.17, 15) is 8.78 Å². The van der Waals surface area contributed by atoms with Gasteiger partial charge in [-0.1, -0.05) is 25.8 Å². The standard InChI is InChI=1S/C16H17F2N/c1-2-3-4-5-12-6-9-16(19-11-12)13-7-8-14(17)15(18)10-13/h6-11H,2-5H2,1H3. The Labute approximate surface area is 112 Å². The van der Waals surface area contributed by atoms with Gasteiger partial charge in [0.05, 0.1) is 5.69 Å². The zero-order valence-electron chi connectivity index (χ0n) is 11.0. The number of halogens is 2. The Morgan fingerprint density at radius 2 is 1.84 bits per heavy atom. The van der Waals surface area contributed by atoms with Gasteiger partial charge < -0.3 is 0 Å². The first-order valence-corrected chi connectivity index (χ1v) is 6.61. The molecule has 0 atom stereocenters. The van der Waals surface area contributed by atoms with Crippen LogP contribution >= 0.6 is 0 Å². The number of aromatic nitrogens is 1. The monoisotopic (exact) mass is 261 g/mol. The summed E-state index contributed by atoms with van der Waals surface area (Å²) in [4.78, 5) is 4.31. The van der Waals surface area contributed by atoms with E-state index in [0.717, 1.165) is 18.9 Å². The second kappa shape index (κ2) is 6.41. The van der Waals surface area contributed by atoms with Crippen molar-refractivity contribution in [2.24, 2.45) is 0 Å². The van der Waals surface area contributed by atoms with Crippen LogP contribution in [0.15, 0.2) is 36.5 Å². The van der Waals surface area contributed by atoms with Crippen LogP contribution in [0, 0.1) is 11.6 Å². The lowest BCUT2D eigenvalue weighted by atomic mass is 10.1. The molecule has 1 heterocycles. The van der Waals surface area contributed by atoms with Gasteiger partial charge in [-0.25, -0.2) is 8.78 Å². The highest BCUT2D eigenvalue weighted by Gasteiger charge is 2.05. The van der Waals surface area contributed by atoms with E-state index in [4.69, 9.17) is 0 Å². The van der Waals surface area contributed by atoms with Crippen molar-refractivity contribution in [1.29, 1.82) is 0 Å². The molecule has 0 bridgehead atoms. The molecule has 0 aliphatic heterocycles. The first kappa shape index (κ1) is 13.7. The number of hydrogen-bond donors (Lipinski definition) is 0. The van der Waals surface area contributed by atoms with Crippen LogP contribution in [-0.2, 0) is 6.42 Å². The third-order valence-corrected chi connectivity index (χ3v) is 3.11. The van der Waals surface area contributed by atoms with Crippen LogP contribution in [0.1, 0.15) is 31.7 Å². The smallest absolute Gasteiger partial charge is 0.159 e. The second-order valence-corrected chi connectivity index (χ2v) is 4.64. The topological polar surface area (TPSA) is 12.9 Å². The van der Waals surface area contributed by atoms with Gasteiger partial charge in [0, 0.05) is 11.8 Å². The third kappa shape index (κ3) is 3.60. The van der Waals surface area contributed by atoms with Gasteiger partial charge in [0.25, 0.3) is 0 Å². The largest absolute Gasteiger partial charge is 0.256 e. The van der Waals surface area contributed by atoms with Crippen molar-refractivity contribution >= 4 is 0 Å². The van der Waals surface area contributed by atoms with E-state index in [1.165, 1.54) is 30.5 Å². The van der Waals surface area contributed by atoms with Gasteiger partial charge in [0.15, 0.2) is 11.6 Å². The number of pyridine rings is 1. The maximum absolute atomic E-state index is 13.1. The Morgan fingerprint density at radius 3 is 2.47 bits per heavy atom. The van der Waals surface area contributed by atoms with E-state index >= 15 is 0 Å². The van der Waals surface area contributed by atoms with Crippen molar-refractivity contribution in [3.05, 3.63) is 53.7 Å². The summed E-state index contributed by atoms with van der Waals surface area (Å²) in [6.07, 6.45) is 6.39. The van der Waals surface area contributed by atoms with Gasteiger partial charge in [-0.3, -0.25) is 4.98 Å². The van der Waals surface area contributed by atoms with E-state index in [-0.39, 0.29) is 0 Å². The summed E-state index contributed by atoms with van der Waals surface area (Å²) in [5, 5.41) is 0. The van der Waals surface area contributed by atoms with Gasteiger partial charge in [-0.2, -0.15) is 0 Å². The summed E-state index contributed by atoms with van der Waals surface area (Å²) in [6, 6.07) is 7.70. The van der Waals surface area contributed by atoms with Gasteiger partial charge in [-0.15, -0.1) is 0 Å². The third-order valence-electron chi connectivity index (χ3n) is 3.11. The Kier molecular flexibility index (Phi) is 4.61. The molecule has 2 rings (SSSR count). The summed E-state index contributed by atoms with van der Waals surface area (Å²) in [7, 11) is 0. The lowest BCUT2D eigenvalue weighted by Crippen LogP contribution is -1.91. The summed E-state index contributed by atoms with van der Waals surface area (Å²) < 4.78 is 26.0. The molecule has 3 heteroatoms. The Bertz CT molecular complexity index is 535. The van der Waals surface area contributed by atoms with Crippen molar-refractivity contribution in [2.75, 3.05) is 0 Å². The predicted molar refractivity (Wildman–Crippen MR) is 72.8 cm³/mol. The molecule has 0 fully saturated rings. The molecule has 19 heavy (non-hydrogen) atoms. The molecule has 0 saturated heterocycles. The molecule has 1 nitrogen and oxygen atoms in total. The average molecular weight is 261 g/mol. The van der Waals surface area contributed by atoms with E-state index in [1.54, 1.807) is 0 Å². The van der Waals surface area contributed by atoms with Gasteiger partial charge in [0.2, 0.25) is 0 Å². The maximum atomic E-state index is 13.1. The average Bonchev–Trinajstić information content (AvgIpc) is 2.43. The summed E-state index contributed by atoms with van der Waals surface area (Å²) >= 11 is 0. The van der Waals surface area contributed by atoms with Crippen LogP contribution in [0.4, 0.5) is 8.78 Å². The Balaban J connectivity index is 2.11. The minimum Gasteiger partial charge on any atom is -0.256 e. The lowest BCUT2D eigenvalue weighted by molar-refractivity contribution is 0.509. The number of nitrogens with zero attached hydrogens (tertiary/aromatic N) is 1. The van der Waals surface area contributed by atoms with Crippen molar-refractivity contribution in [1.82, 2.24) is 4.98 Å². The van der Waals surface area contributed by atoms with Crippen molar-refractivity contribution in [2.45, 2.75) is 32.6 Å². The minimum atomic E-state index is -0.841. The van der Waals surface area contributed by atoms with Gasteiger partial charge in [-0.05, 0) is 42.7 Å². The summed E-state index contributed by atoms with van der Waals surface area (Å²) in [5.74, 6) is -1.67. The van der Waals surface area contributed by atoms with Gasteiger partial charge in [0.1, 0.15) is 0 Å². The zero-order valence-corrected chi connectivity index (χ0v) is 11.0. The molecule has 1 aromatic carbocycles. The molecule has 100 valence electrons. The first-order valence-electron chi connectivity index (χ1n) is 6.61. The summed E-state index contributed by atoms with van der Waals surface area (Å²) in [5.41, 5.74) is 2.44. The van der Waals surface area contributed by atoms with Crippen molar-refractivity contribution < 1.29 is 8.78 Å². The van der Waals surface area contributed by atoms with E-state index in [2.05, 4.69) is 11.9 Å². The Hall–Kier alpha value is -1.77. The molecule has 0 saturated carbocycles. The fourth-order valence-corrected chi connectivity index (χ4v) is 1.98. The lowest BCUT2D eigenvalue weighted by Gasteiger charge is -2.04. The van der Waals surface area contributed by atoms with Crippen LogP contribution in [0.2, 0.25) is 0 Å². The van der Waals surface area contributed by atoms with Crippen LogP contribution in [-0.4, -0.2) is 4.98 Å². The molecule has 0 aliphatic rings. The molecule has 0 N–H and O–H groups in total. The van der Waals surface area contributed by atoms with Gasteiger partial charge >= 0.3 is 0 Å². The fourth-order valence-electron chi connectivity index (χ4n) is 1.98. The number of aryl methyl sites for hydroxylation is 1. The number of hydrogen-bond acceptors (Lipinski definition) is 1. The molecule has 0 unspecified atom stereocenters. The highest BCUT2D eigenvalue weighted by atomic mass is 19.2. The zero-order chi connectivity index (χ0) is 13.7. The molecule has 0 spiro atoms. The van der Waals surface area contributed by atoms with Crippen molar-refractivity contribution in [3.8, 4) is 11.3 Å². The number of rotatable bonds is 5. The van der Waals surface area contributed by atoms with Crippen LogP contribution < -0.4 is 0 Å². The molecular weight excluding hydrogens is 244 g/mol. The molecule has 2 aromatic rings. The SMILES string of the molecule is CCCCCc1ccc(-c2ccc(F)c(F)c2)nc1. The van der Waals surface area contributed by atoms with E-state index in [1.807, 2.05) is 18.3 Å². The van der Waals surface area contributed by atoms with Crippen LogP contribution in [0.5, 0.6) is 0 Å². The fraction of sp³-hybridized carbons (Fsp3) is 0.312. The number of benzene rings is 1.